The van der Waals surface area contributed by atoms with Crippen molar-refractivity contribution < 1.29 is 0 Å². The minimum Gasteiger partial charge on any atom is -0.312 e. The van der Waals surface area contributed by atoms with Crippen molar-refractivity contribution in [1.82, 2.24) is 20.0 Å². The van der Waals surface area contributed by atoms with Crippen molar-refractivity contribution in [3.8, 4) is 11.3 Å². The fourth-order valence-electron chi connectivity index (χ4n) is 1.44. The third-order valence-electron chi connectivity index (χ3n) is 2.22. The van der Waals surface area contributed by atoms with Crippen molar-refractivity contribution in [2.75, 3.05) is 0 Å². The van der Waals surface area contributed by atoms with Gasteiger partial charge < -0.3 is 4.57 Å². The van der Waals surface area contributed by atoms with Gasteiger partial charge in [0, 0.05) is 12.2 Å². The molecule has 0 amide bonds. The van der Waals surface area contributed by atoms with Crippen molar-refractivity contribution in [3.63, 3.8) is 0 Å². The maximum absolute atomic E-state index is 12.0. The van der Waals surface area contributed by atoms with Crippen LogP contribution in [0.15, 0.2) is 29.3 Å². The number of rotatable bonds is 2. The summed E-state index contributed by atoms with van der Waals surface area (Å²) in [4.78, 5) is 12.0. The lowest BCUT2D eigenvalue weighted by molar-refractivity contribution is 0.579. The minimum atomic E-state index is -0.0404. The molecule has 0 saturated carbocycles. The Bertz CT molecular complexity index is 498. The van der Waals surface area contributed by atoms with E-state index in [2.05, 4.69) is 15.4 Å². The third-order valence-corrected chi connectivity index (χ3v) is 2.22. The summed E-state index contributed by atoms with van der Waals surface area (Å²) in [7, 11) is 0. The smallest absolute Gasteiger partial charge is 0.260 e. The van der Waals surface area contributed by atoms with Crippen LogP contribution in [0.3, 0.4) is 0 Å². The molecule has 0 aromatic carbocycles. The highest BCUT2D eigenvalue weighted by Gasteiger charge is 2.09. The summed E-state index contributed by atoms with van der Waals surface area (Å²) >= 11 is 0. The Morgan fingerprint density at radius 3 is 2.87 bits per heavy atom. The van der Waals surface area contributed by atoms with Crippen molar-refractivity contribution in [3.05, 3.63) is 34.9 Å². The second kappa shape index (κ2) is 3.68. The molecule has 2 rings (SSSR count). The summed E-state index contributed by atoms with van der Waals surface area (Å²) < 4.78 is 1.67. The molecule has 0 fully saturated rings. The second-order valence-electron chi connectivity index (χ2n) is 3.58. The number of aromatic amines is 1. The molecule has 2 aromatic rings. The van der Waals surface area contributed by atoms with E-state index in [1.54, 1.807) is 23.0 Å². The van der Waals surface area contributed by atoms with Crippen molar-refractivity contribution in [1.29, 1.82) is 0 Å². The van der Waals surface area contributed by atoms with E-state index >= 15 is 0 Å². The molecule has 2 aromatic heterocycles. The van der Waals surface area contributed by atoms with Crippen molar-refractivity contribution >= 4 is 0 Å². The molecule has 0 atom stereocenters. The first-order valence-corrected chi connectivity index (χ1v) is 4.77. The van der Waals surface area contributed by atoms with Gasteiger partial charge in [-0.2, -0.15) is 15.4 Å². The number of pyridine rings is 1. The summed E-state index contributed by atoms with van der Waals surface area (Å²) in [6, 6.07) is 3.73. The van der Waals surface area contributed by atoms with Gasteiger partial charge in [-0.05, 0) is 26.0 Å². The number of H-pyrrole nitrogens is 1. The highest BCUT2D eigenvalue weighted by Crippen LogP contribution is 2.10. The van der Waals surface area contributed by atoms with Crippen LogP contribution in [0.1, 0.15) is 19.9 Å². The van der Waals surface area contributed by atoms with Crippen LogP contribution in [0.4, 0.5) is 0 Å². The monoisotopic (exact) mass is 204 g/mol. The zero-order valence-electron chi connectivity index (χ0n) is 8.64. The molecular weight excluding hydrogens is 192 g/mol. The zero-order chi connectivity index (χ0) is 10.8. The molecule has 0 bridgehead atoms. The first-order chi connectivity index (χ1) is 7.20. The van der Waals surface area contributed by atoms with Crippen molar-refractivity contribution in [2.45, 2.75) is 19.9 Å². The largest absolute Gasteiger partial charge is 0.312 e. The Morgan fingerprint density at radius 1 is 1.47 bits per heavy atom. The molecule has 2 heterocycles. The summed E-state index contributed by atoms with van der Waals surface area (Å²) in [5.41, 5.74) is 1.11. The first-order valence-electron chi connectivity index (χ1n) is 4.77. The van der Waals surface area contributed by atoms with Crippen LogP contribution in [-0.4, -0.2) is 20.0 Å². The molecule has 0 saturated heterocycles. The summed E-state index contributed by atoms with van der Waals surface area (Å²) in [6.07, 6.45) is 3.32. The van der Waals surface area contributed by atoms with Gasteiger partial charge >= 0.3 is 0 Å². The molecule has 0 unspecified atom stereocenters. The van der Waals surface area contributed by atoms with E-state index in [0.29, 0.717) is 11.3 Å². The predicted octanol–water partition coefficient (Wildman–Crippen LogP) is 1.21. The molecule has 0 spiro atoms. The third kappa shape index (κ3) is 1.68. The minimum absolute atomic E-state index is 0.0404. The predicted molar refractivity (Wildman–Crippen MR) is 56.5 cm³/mol. The molecule has 0 aliphatic carbocycles. The van der Waals surface area contributed by atoms with Gasteiger partial charge in [0.1, 0.15) is 5.69 Å². The SMILES string of the molecule is CC(C)n1cccc(-c2cn[nH]n2)c1=O. The van der Waals surface area contributed by atoms with Crippen LogP contribution in [0.2, 0.25) is 0 Å². The standard InChI is InChI=1S/C10H12N4O/c1-7(2)14-5-3-4-8(10(14)15)9-6-11-13-12-9/h3-7H,1-2H3,(H,11,12,13). The van der Waals surface area contributed by atoms with Crippen LogP contribution in [0, 0.1) is 0 Å². The Balaban J connectivity index is 2.60. The van der Waals surface area contributed by atoms with Gasteiger partial charge in [0.25, 0.3) is 5.56 Å². The molecule has 0 radical (unpaired) electrons. The zero-order valence-corrected chi connectivity index (χ0v) is 8.64. The lowest BCUT2D eigenvalue weighted by Crippen LogP contribution is -2.22. The highest BCUT2D eigenvalue weighted by molar-refractivity contribution is 5.55. The van der Waals surface area contributed by atoms with E-state index in [9.17, 15) is 4.79 Å². The average Bonchev–Trinajstić information content (AvgIpc) is 2.70. The Hall–Kier alpha value is -1.91. The average molecular weight is 204 g/mol. The lowest BCUT2D eigenvalue weighted by Gasteiger charge is -2.09. The molecule has 0 aliphatic heterocycles. The quantitative estimate of drug-likeness (QED) is 0.799. The number of nitrogens with zero attached hydrogens (tertiary/aromatic N) is 3. The first kappa shape index (κ1) is 9.64. The number of hydrogen-bond acceptors (Lipinski definition) is 3. The fourth-order valence-corrected chi connectivity index (χ4v) is 1.44. The van der Waals surface area contributed by atoms with Crippen LogP contribution < -0.4 is 5.56 Å². The Kier molecular flexibility index (Phi) is 2.37. The second-order valence-corrected chi connectivity index (χ2v) is 3.58. The molecule has 5 heteroatoms. The molecule has 15 heavy (non-hydrogen) atoms. The van der Waals surface area contributed by atoms with Gasteiger partial charge in [-0.3, -0.25) is 4.79 Å². The van der Waals surface area contributed by atoms with Crippen LogP contribution in [-0.2, 0) is 0 Å². The van der Waals surface area contributed by atoms with E-state index < -0.39 is 0 Å². The van der Waals surface area contributed by atoms with Gasteiger partial charge in [-0.15, -0.1) is 0 Å². The van der Waals surface area contributed by atoms with Crippen molar-refractivity contribution in [2.24, 2.45) is 0 Å². The van der Waals surface area contributed by atoms with Crippen LogP contribution in [0.5, 0.6) is 0 Å². The maximum atomic E-state index is 12.0. The van der Waals surface area contributed by atoms with Gasteiger partial charge in [-0.25, -0.2) is 0 Å². The van der Waals surface area contributed by atoms with Gasteiger partial charge in [0.05, 0.1) is 11.8 Å². The Morgan fingerprint density at radius 2 is 2.27 bits per heavy atom. The van der Waals surface area contributed by atoms with E-state index in [4.69, 9.17) is 0 Å². The lowest BCUT2D eigenvalue weighted by atomic mass is 10.2. The molecule has 1 N–H and O–H groups in total. The fraction of sp³-hybridized carbons (Fsp3) is 0.300. The molecule has 0 aliphatic rings. The van der Waals surface area contributed by atoms with Crippen LogP contribution >= 0.6 is 0 Å². The van der Waals surface area contributed by atoms with Gasteiger partial charge in [-0.1, -0.05) is 0 Å². The van der Waals surface area contributed by atoms with Gasteiger partial charge in [0.15, 0.2) is 0 Å². The van der Waals surface area contributed by atoms with Gasteiger partial charge in [0.2, 0.25) is 0 Å². The van der Waals surface area contributed by atoms with E-state index in [1.807, 2.05) is 19.9 Å². The van der Waals surface area contributed by atoms with Crippen LogP contribution in [0.25, 0.3) is 11.3 Å². The number of nitrogens with one attached hydrogen (secondary N) is 1. The number of aromatic nitrogens is 4. The number of hydrogen-bond donors (Lipinski definition) is 1. The normalized spacial score (nSPS) is 10.9. The van der Waals surface area contributed by atoms with E-state index in [0.717, 1.165) is 0 Å². The maximum Gasteiger partial charge on any atom is 0.260 e. The molecule has 78 valence electrons. The topological polar surface area (TPSA) is 63.6 Å². The molecule has 5 nitrogen and oxygen atoms in total. The van der Waals surface area contributed by atoms with E-state index in [-0.39, 0.29) is 11.6 Å². The highest BCUT2D eigenvalue weighted by atomic mass is 16.1. The molecular formula is C10H12N4O. The Labute approximate surface area is 86.8 Å². The summed E-state index contributed by atoms with van der Waals surface area (Å²) in [6.45, 7) is 3.93. The van der Waals surface area contributed by atoms with E-state index in [1.165, 1.54) is 0 Å². The summed E-state index contributed by atoms with van der Waals surface area (Å²) in [5, 5.41) is 10.1. The summed E-state index contributed by atoms with van der Waals surface area (Å²) in [5.74, 6) is 0.